The van der Waals surface area contributed by atoms with Crippen molar-refractivity contribution in [2.45, 2.75) is 64.6 Å². The third kappa shape index (κ3) is 1.78. The number of carbonyl (C=O) groups is 1. The molecule has 3 fully saturated rings. The third-order valence-electron chi connectivity index (χ3n) is 7.81. The van der Waals surface area contributed by atoms with E-state index >= 15 is 0 Å². The van der Waals surface area contributed by atoms with Crippen LogP contribution in [0.1, 0.15) is 52.4 Å². The number of rotatable bonds is 0. The normalized spacial score (nSPS) is 57.2. The molecule has 0 spiro atoms. The lowest BCUT2D eigenvalue weighted by molar-refractivity contribution is -0.155. The molecule has 4 aliphatic carbocycles. The van der Waals surface area contributed by atoms with Crippen molar-refractivity contribution in [1.82, 2.24) is 0 Å². The van der Waals surface area contributed by atoms with Crippen molar-refractivity contribution in [2.75, 3.05) is 0 Å². The summed E-state index contributed by atoms with van der Waals surface area (Å²) in [6, 6.07) is 0. The summed E-state index contributed by atoms with van der Waals surface area (Å²) in [5.41, 5.74) is -0.309. The van der Waals surface area contributed by atoms with Crippen LogP contribution in [0.4, 0.5) is 0 Å². The van der Waals surface area contributed by atoms with Gasteiger partial charge in [-0.15, -0.1) is 0 Å². The van der Waals surface area contributed by atoms with Gasteiger partial charge in [-0.3, -0.25) is 4.79 Å². The second-order valence-corrected chi connectivity index (χ2v) is 8.75. The van der Waals surface area contributed by atoms with Crippen molar-refractivity contribution in [2.24, 2.45) is 34.5 Å². The highest BCUT2D eigenvalue weighted by Crippen LogP contribution is 2.64. The second kappa shape index (κ2) is 4.67. The topological polar surface area (TPSA) is 57.5 Å². The molecule has 0 heterocycles. The lowest BCUT2D eigenvalue weighted by Crippen LogP contribution is -2.58. The van der Waals surface area contributed by atoms with Gasteiger partial charge in [0.15, 0.2) is 0 Å². The van der Waals surface area contributed by atoms with E-state index in [0.29, 0.717) is 36.4 Å². The molecule has 0 bridgehead atoms. The van der Waals surface area contributed by atoms with Crippen LogP contribution < -0.4 is 0 Å². The van der Waals surface area contributed by atoms with Crippen LogP contribution in [0.5, 0.6) is 0 Å². The molecular weight excluding hydrogens is 276 g/mol. The molecule has 3 nitrogen and oxygen atoms in total. The van der Waals surface area contributed by atoms with E-state index in [1.165, 1.54) is 0 Å². The highest BCUT2D eigenvalue weighted by molar-refractivity contribution is 5.87. The summed E-state index contributed by atoms with van der Waals surface area (Å²) in [4.78, 5) is 12.4. The van der Waals surface area contributed by atoms with Crippen LogP contribution in [0.2, 0.25) is 0 Å². The van der Waals surface area contributed by atoms with Gasteiger partial charge in [-0.05, 0) is 61.2 Å². The average Bonchev–Trinajstić information content (AvgIpc) is 2.75. The molecule has 3 heteroatoms. The molecule has 0 aromatic carbocycles. The fraction of sp³-hybridized carbons (Fsp3) is 0.842. The minimum absolute atomic E-state index is 0.0193. The lowest BCUT2D eigenvalue weighted by Gasteiger charge is -2.59. The largest absolute Gasteiger partial charge is 0.393 e. The number of aliphatic hydroxyl groups is 2. The highest BCUT2D eigenvalue weighted by atomic mass is 16.3. The van der Waals surface area contributed by atoms with E-state index in [2.05, 4.69) is 19.9 Å². The van der Waals surface area contributed by atoms with E-state index in [1.807, 2.05) is 6.08 Å². The van der Waals surface area contributed by atoms with Gasteiger partial charge < -0.3 is 10.2 Å². The fourth-order valence-corrected chi connectivity index (χ4v) is 6.69. The maximum atomic E-state index is 12.4. The van der Waals surface area contributed by atoms with Crippen molar-refractivity contribution in [3.63, 3.8) is 0 Å². The van der Waals surface area contributed by atoms with Crippen LogP contribution in [-0.2, 0) is 4.79 Å². The van der Waals surface area contributed by atoms with Gasteiger partial charge in [0, 0.05) is 11.8 Å². The molecule has 0 radical (unpaired) electrons. The first-order valence-corrected chi connectivity index (χ1v) is 8.95. The summed E-state index contributed by atoms with van der Waals surface area (Å²) < 4.78 is 0. The van der Waals surface area contributed by atoms with E-state index < -0.39 is 0 Å². The second-order valence-electron chi connectivity index (χ2n) is 8.75. The zero-order chi connectivity index (χ0) is 15.7. The molecular formula is C19H28O3. The van der Waals surface area contributed by atoms with Crippen LogP contribution in [0, 0.1) is 34.5 Å². The summed E-state index contributed by atoms with van der Waals surface area (Å²) in [5, 5.41) is 20.9. The van der Waals surface area contributed by atoms with Gasteiger partial charge in [0.25, 0.3) is 0 Å². The maximum absolute atomic E-state index is 12.4. The van der Waals surface area contributed by atoms with Crippen molar-refractivity contribution < 1.29 is 15.0 Å². The smallest absolute Gasteiger partial charge is 0.139 e. The quantitative estimate of drug-likeness (QED) is 0.677. The lowest BCUT2D eigenvalue weighted by atomic mass is 9.45. The van der Waals surface area contributed by atoms with Crippen molar-refractivity contribution >= 4 is 5.78 Å². The number of hydrogen-bond donors (Lipinski definition) is 2. The zero-order valence-electron chi connectivity index (χ0n) is 13.7. The van der Waals surface area contributed by atoms with Gasteiger partial charge in [-0.1, -0.05) is 26.0 Å². The Balaban J connectivity index is 1.73. The number of Topliss-reactive ketones (excluding diaryl/α,β-unsaturated/α-hetero) is 1. The van der Waals surface area contributed by atoms with E-state index in [9.17, 15) is 15.0 Å². The Morgan fingerprint density at radius 2 is 1.95 bits per heavy atom. The number of hydrogen-bond acceptors (Lipinski definition) is 3. The molecule has 1 unspecified atom stereocenters. The Kier molecular flexibility index (Phi) is 3.16. The Labute approximate surface area is 132 Å². The standard InChI is InChI=1S/C19H28O3/c1-18-8-7-12(20)9-11(18)3-4-13-14-5-6-16(22)19(14,2)10-15(21)17(13)18/h7-8,11-15,17,20-21H,3-6,9-10H2,1-2H3/t11?,12-,13+,14+,15+,17-,18+,19+/m1/s1. The first kappa shape index (κ1) is 14.9. The fourth-order valence-electron chi connectivity index (χ4n) is 6.69. The maximum Gasteiger partial charge on any atom is 0.139 e. The van der Waals surface area contributed by atoms with E-state index in [4.69, 9.17) is 0 Å². The number of fused-ring (bicyclic) bond motifs is 5. The van der Waals surface area contributed by atoms with Gasteiger partial charge >= 0.3 is 0 Å². The van der Waals surface area contributed by atoms with Gasteiger partial charge in [-0.25, -0.2) is 0 Å². The van der Waals surface area contributed by atoms with Gasteiger partial charge in [0.05, 0.1) is 12.2 Å². The van der Waals surface area contributed by atoms with E-state index in [-0.39, 0.29) is 29.0 Å². The monoisotopic (exact) mass is 304 g/mol. The Morgan fingerprint density at radius 3 is 2.73 bits per heavy atom. The first-order chi connectivity index (χ1) is 10.4. The van der Waals surface area contributed by atoms with Crippen LogP contribution >= 0.6 is 0 Å². The molecule has 22 heavy (non-hydrogen) atoms. The van der Waals surface area contributed by atoms with Crippen LogP contribution in [0.25, 0.3) is 0 Å². The van der Waals surface area contributed by atoms with E-state index in [1.54, 1.807) is 0 Å². The summed E-state index contributed by atoms with van der Waals surface area (Å²) in [5.74, 6) is 1.99. The highest BCUT2D eigenvalue weighted by Gasteiger charge is 2.62. The van der Waals surface area contributed by atoms with Gasteiger partial charge in [0.1, 0.15) is 5.78 Å². The predicted molar refractivity (Wildman–Crippen MR) is 84.0 cm³/mol. The van der Waals surface area contributed by atoms with Gasteiger partial charge in [0.2, 0.25) is 0 Å². The summed E-state index contributed by atoms with van der Waals surface area (Å²) in [6.45, 7) is 4.38. The van der Waals surface area contributed by atoms with E-state index in [0.717, 1.165) is 25.7 Å². The van der Waals surface area contributed by atoms with Crippen molar-refractivity contribution in [3.05, 3.63) is 12.2 Å². The summed E-state index contributed by atoms with van der Waals surface area (Å²) in [7, 11) is 0. The molecule has 4 aliphatic rings. The number of aliphatic hydroxyl groups excluding tert-OH is 2. The summed E-state index contributed by atoms with van der Waals surface area (Å²) in [6.07, 6.45) is 8.80. The minimum atomic E-state index is -0.388. The minimum Gasteiger partial charge on any atom is -0.393 e. The Morgan fingerprint density at radius 1 is 1.18 bits per heavy atom. The van der Waals surface area contributed by atoms with Crippen LogP contribution in [0.3, 0.4) is 0 Å². The number of ketones is 1. The predicted octanol–water partition coefficient (Wildman–Crippen LogP) is 2.71. The molecule has 0 aromatic heterocycles. The molecule has 122 valence electrons. The SMILES string of the molecule is C[C@]12C=C[C@@H](O)CC1CC[C@@H]1[C@@H]2[C@@H](O)C[C@]2(C)C(=O)CC[C@@H]12. The number of allylic oxidation sites excluding steroid dienone is 1. The molecule has 4 rings (SSSR count). The van der Waals surface area contributed by atoms with Crippen LogP contribution in [-0.4, -0.2) is 28.2 Å². The molecule has 0 aromatic rings. The van der Waals surface area contributed by atoms with Crippen LogP contribution in [0.15, 0.2) is 12.2 Å². The number of carbonyl (C=O) groups excluding carboxylic acids is 1. The molecule has 2 N–H and O–H groups in total. The molecule has 3 saturated carbocycles. The van der Waals surface area contributed by atoms with Gasteiger partial charge in [-0.2, -0.15) is 0 Å². The van der Waals surface area contributed by atoms with Crippen molar-refractivity contribution in [3.8, 4) is 0 Å². The third-order valence-corrected chi connectivity index (χ3v) is 7.81. The average molecular weight is 304 g/mol. The first-order valence-electron chi connectivity index (χ1n) is 8.95. The zero-order valence-corrected chi connectivity index (χ0v) is 13.7. The Hall–Kier alpha value is -0.670. The Bertz CT molecular complexity index is 527. The molecule has 0 saturated heterocycles. The summed E-state index contributed by atoms with van der Waals surface area (Å²) >= 11 is 0. The molecule has 8 atom stereocenters. The molecule has 0 amide bonds. The van der Waals surface area contributed by atoms with Crippen molar-refractivity contribution in [1.29, 1.82) is 0 Å². The molecule has 0 aliphatic heterocycles.